The van der Waals surface area contributed by atoms with Crippen molar-refractivity contribution < 1.29 is 13.2 Å². The third-order valence-electron chi connectivity index (χ3n) is 5.16. The van der Waals surface area contributed by atoms with E-state index in [0.29, 0.717) is 28.0 Å². The van der Waals surface area contributed by atoms with Crippen LogP contribution in [-0.4, -0.2) is 47.5 Å². The van der Waals surface area contributed by atoms with Crippen molar-refractivity contribution in [3.8, 4) is 5.69 Å². The van der Waals surface area contributed by atoms with E-state index in [9.17, 15) is 13.2 Å². The highest BCUT2D eigenvalue weighted by molar-refractivity contribution is 7.99. The molecule has 3 aromatic rings. The van der Waals surface area contributed by atoms with Crippen molar-refractivity contribution in [2.45, 2.75) is 24.9 Å². The number of carbonyl (C=O) groups excluding carboxylic acids is 1. The maximum absolute atomic E-state index is 12.8. The van der Waals surface area contributed by atoms with E-state index in [-0.39, 0.29) is 11.5 Å². The third-order valence-corrected chi connectivity index (χ3v) is 7.69. The SMILES string of the molecule is Cc1ccc(-n2cnnc2SCC(=O)c2ccc3c(c2)CCCN3S(C)(=O)=O)cc1Cl. The minimum absolute atomic E-state index is 0.0548. The first-order chi connectivity index (χ1) is 14.7. The lowest BCUT2D eigenvalue weighted by atomic mass is 9.99. The van der Waals surface area contributed by atoms with E-state index in [1.807, 2.05) is 25.1 Å². The molecule has 1 aliphatic heterocycles. The Labute approximate surface area is 190 Å². The largest absolute Gasteiger partial charge is 0.293 e. The normalized spacial score (nSPS) is 13.8. The minimum atomic E-state index is -3.33. The van der Waals surface area contributed by atoms with Crippen LogP contribution < -0.4 is 4.31 Å². The van der Waals surface area contributed by atoms with E-state index in [4.69, 9.17) is 11.6 Å². The molecule has 0 bridgehead atoms. The number of Topliss-reactive ketones (excluding diaryl/α,β-unsaturated/α-hetero) is 1. The smallest absolute Gasteiger partial charge is 0.232 e. The summed E-state index contributed by atoms with van der Waals surface area (Å²) in [5.74, 6) is 0.133. The monoisotopic (exact) mass is 476 g/mol. The molecule has 0 radical (unpaired) electrons. The van der Waals surface area contributed by atoms with Gasteiger partial charge in [-0.3, -0.25) is 13.7 Å². The second kappa shape index (κ2) is 8.64. The predicted molar refractivity (Wildman–Crippen MR) is 123 cm³/mol. The van der Waals surface area contributed by atoms with Crippen molar-refractivity contribution in [2.75, 3.05) is 22.9 Å². The Bertz CT molecular complexity index is 1260. The lowest BCUT2D eigenvalue weighted by Crippen LogP contribution is -2.34. The van der Waals surface area contributed by atoms with Gasteiger partial charge in [0.25, 0.3) is 0 Å². The summed E-state index contributed by atoms with van der Waals surface area (Å²) < 4.78 is 27.2. The summed E-state index contributed by atoms with van der Waals surface area (Å²) >= 11 is 7.53. The highest BCUT2D eigenvalue weighted by Gasteiger charge is 2.24. The van der Waals surface area contributed by atoms with E-state index in [1.165, 1.54) is 22.3 Å². The molecular formula is C21H21ClN4O3S2. The number of anilines is 1. The van der Waals surface area contributed by atoms with Gasteiger partial charge >= 0.3 is 0 Å². The van der Waals surface area contributed by atoms with E-state index < -0.39 is 10.0 Å². The van der Waals surface area contributed by atoms with Crippen molar-refractivity contribution in [1.82, 2.24) is 14.8 Å². The van der Waals surface area contributed by atoms with Crippen LogP contribution in [0.15, 0.2) is 47.9 Å². The van der Waals surface area contributed by atoms with Crippen molar-refractivity contribution in [3.63, 3.8) is 0 Å². The standard InChI is InChI=1S/C21H21ClN4O3S2/c1-14-5-7-17(11-18(14)22)25-13-23-24-21(25)30-12-20(27)16-6-8-19-15(10-16)4-3-9-26(19)31(2,28)29/h5-8,10-11,13H,3-4,9,12H2,1-2H3. The Morgan fingerprint density at radius 2 is 2.03 bits per heavy atom. The van der Waals surface area contributed by atoms with Gasteiger partial charge in [-0.2, -0.15) is 0 Å². The molecule has 0 unspecified atom stereocenters. The number of hydrogen-bond donors (Lipinski definition) is 0. The molecule has 31 heavy (non-hydrogen) atoms. The Morgan fingerprint density at radius 3 is 2.77 bits per heavy atom. The highest BCUT2D eigenvalue weighted by atomic mass is 35.5. The van der Waals surface area contributed by atoms with Crippen LogP contribution >= 0.6 is 23.4 Å². The minimum Gasteiger partial charge on any atom is -0.293 e. The van der Waals surface area contributed by atoms with E-state index in [1.54, 1.807) is 29.1 Å². The van der Waals surface area contributed by atoms with Crippen LogP contribution in [0.4, 0.5) is 5.69 Å². The zero-order valence-electron chi connectivity index (χ0n) is 17.1. The first kappa shape index (κ1) is 21.9. The van der Waals surface area contributed by atoms with Gasteiger partial charge in [-0.1, -0.05) is 29.4 Å². The van der Waals surface area contributed by atoms with E-state index in [0.717, 1.165) is 29.7 Å². The molecule has 1 aromatic heterocycles. The number of aromatic nitrogens is 3. The lowest BCUT2D eigenvalue weighted by Gasteiger charge is -2.29. The lowest BCUT2D eigenvalue weighted by molar-refractivity contribution is 0.102. The van der Waals surface area contributed by atoms with Crippen LogP contribution in [-0.2, 0) is 16.4 Å². The van der Waals surface area contributed by atoms with Gasteiger partial charge < -0.3 is 0 Å². The van der Waals surface area contributed by atoms with Crippen LogP contribution in [0.25, 0.3) is 5.69 Å². The highest BCUT2D eigenvalue weighted by Crippen LogP contribution is 2.31. The molecule has 2 aromatic carbocycles. The number of thioether (sulfide) groups is 1. The summed E-state index contributed by atoms with van der Waals surface area (Å²) in [6, 6.07) is 10.9. The fourth-order valence-corrected chi connectivity index (χ4v) is 5.52. The summed E-state index contributed by atoms with van der Waals surface area (Å²) in [7, 11) is -3.33. The number of nitrogens with zero attached hydrogens (tertiary/aromatic N) is 4. The van der Waals surface area contributed by atoms with Gasteiger partial charge in [0.05, 0.1) is 23.4 Å². The summed E-state index contributed by atoms with van der Waals surface area (Å²) in [4.78, 5) is 12.8. The first-order valence-corrected chi connectivity index (χ1v) is 12.9. The van der Waals surface area contributed by atoms with Gasteiger partial charge in [0.2, 0.25) is 10.0 Å². The number of ketones is 1. The fraction of sp³-hybridized carbons (Fsp3) is 0.286. The Kier molecular flexibility index (Phi) is 6.09. The fourth-order valence-electron chi connectivity index (χ4n) is 3.53. The number of rotatable bonds is 6. The maximum atomic E-state index is 12.8. The summed E-state index contributed by atoms with van der Waals surface area (Å²) in [6.07, 6.45) is 4.27. The first-order valence-electron chi connectivity index (χ1n) is 9.67. The molecule has 1 aliphatic rings. The van der Waals surface area contributed by atoms with Crippen molar-refractivity contribution in [3.05, 3.63) is 64.4 Å². The summed E-state index contributed by atoms with van der Waals surface area (Å²) in [5, 5.41) is 9.33. The molecular weight excluding hydrogens is 456 g/mol. The summed E-state index contributed by atoms with van der Waals surface area (Å²) in [6.45, 7) is 2.40. The van der Waals surface area contributed by atoms with Crippen LogP contribution in [0.2, 0.25) is 5.02 Å². The molecule has 162 valence electrons. The second-order valence-electron chi connectivity index (χ2n) is 7.41. The number of fused-ring (bicyclic) bond motifs is 1. The van der Waals surface area contributed by atoms with Gasteiger partial charge in [-0.25, -0.2) is 8.42 Å². The number of carbonyl (C=O) groups is 1. The van der Waals surface area contributed by atoms with Crippen LogP contribution in [0.5, 0.6) is 0 Å². The van der Waals surface area contributed by atoms with Crippen molar-refractivity contribution >= 4 is 44.9 Å². The molecule has 0 fully saturated rings. The van der Waals surface area contributed by atoms with Gasteiger partial charge in [-0.15, -0.1) is 10.2 Å². The molecule has 0 aliphatic carbocycles. The number of benzene rings is 2. The van der Waals surface area contributed by atoms with Gasteiger partial charge in [-0.05, 0) is 61.2 Å². The molecule has 2 heterocycles. The van der Waals surface area contributed by atoms with Gasteiger partial charge in [0.1, 0.15) is 6.33 Å². The zero-order chi connectivity index (χ0) is 22.2. The number of aryl methyl sites for hydroxylation is 2. The molecule has 0 saturated carbocycles. The molecule has 0 spiro atoms. The average molecular weight is 477 g/mol. The molecule has 4 rings (SSSR count). The molecule has 7 nitrogen and oxygen atoms in total. The Morgan fingerprint density at radius 1 is 1.23 bits per heavy atom. The zero-order valence-corrected chi connectivity index (χ0v) is 19.5. The Hall–Kier alpha value is -2.36. The van der Waals surface area contributed by atoms with Crippen LogP contribution in [0, 0.1) is 6.92 Å². The van der Waals surface area contributed by atoms with E-state index >= 15 is 0 Å². The van der Waals surface area contributed by atoms with Gasteiger partial charge in [0, 0.05) is 17.1 Å². The second-order valence-corrected chi connectivity index (χ2v) is 10.7. The molecule has 0 N–H and O–H groups in total. The third kappa shape index (κ3) is 4.63. The predicted octanol–water partition coefficient (Wildman–Crippen LogP) is 3.92. The quantitative estimate of drug-likeness (QED) is 0.396. The van der Waals surface area contributed by atoms with Gasteiger partial charge in [0.15, 0.2) is 10.9 Å². The molecule has 10 heteroatoms. The number of halogens is 1. The Balaban J connectivity index is 1.51. The molecule has 0 amide bonds. The van der Waals surface area contributed by atoms with Crippen LogP contribution in [0.3, 0.4) is 0 Å². The maximum Gasteiger partial charge on any atom is 0.232 e. The van der Waals surface area contributed by atoms with Crippen LogP contribution in [0.1, 0.15) is 27.9 Å². The molecule has 0 saturated heterocycles. The van der Waals surface area contributed by atoms with Crippen molar-refractivity contribution in [1.29, 1.82) is 0 Å². The topological polar surface area (TPSA) is 85.2 Å². The van der Waals surface area contributed by atoms with Crippen molar-refractivity contribution in [2.24, 2.45) is 0 Å². The number of hydrogen-bond acceptors (Lipinski definition) is 6. The molecule has 0 atom stereocenters. The number of sulfonamides is 1. The average Bonchev–Trinajstić information content (AvgIpc) is 3.21. The summed E-state index contributed by atoms with van der Waals surface area (Å²) in [5.41, 5.74) is 3.90. The van der Waals surface area contributed by atoms with E-state index in [2.05, 4.69) is 10.2 Å².